The van der Waals surface area contributed by atoms with Crippen LogP contribution in [0.15, 0.2) is 0 Å². The van der Waals surface area contributed by atoms with Gasteiger partial charge in [-0.3, -0.25) is 0 Å². The molecular weight excluding hydrogens is 176 g/mol. The number of aliphatic hydroxyl groups excluding tert-OH is 1. The van der Waals surface area contributed by atoms with E-state index in [0.717, 1.165) is 0 Å². The third-order valence-electron chi connectivity index (χ3n) is 0.228. The molecule has 0 spiro atoms. The fourth-order valence-electron chi connectivity index (χ4n) is 0.0732. The third kappa shape index (κ3) is 9.89. The minimum atomic E-state index is -1.78. The molecule has 0 saturated heterocycles. The molecule has 4 N–H and O–H groups in total. The van der Waals surface area contributed by atoms with E-state index < -0.39 is 10.8 Å². The van der Waals surface area contributed by atoms with Gasteiger partial charge in [0.05, 0.1) is 0 Å². The molecule has 0 aliphatic heterocycles. The van der Waals surface area contributed by atoms with E-state index in [9.17, 15) is 0 Å². The average Bonchev–Trinajstić information content (AvgIpc) is 1.30. The highest BCUT2D eigenvalue weighted by molar-refractivity contribution is 6.66. The number of halogens is 3. The van der Waals surface area contributed by atoms with Crippen LogP contribution in [0.25, 0.3) is 0 Å². The van der Waals surface area contributed by atoms with Crippen molar-refractivity contribution < 1.29 is 9.84 Å². The Kier molecular flexibility index (Phi) is 6.65. The number of alkyl halides is 3. The fraction of sp³-hybridized carbons (Fsp3) is 1.00. The summed E-state index contributed by atoms with van der Waals surface area (Å²) in [5.41, 5.74) is 0. The summed E-state index contributed by atoms with van der Waals surface area (Å²) < 4.78 is 2.30. The van der Waals surface area contributed by atoms with Crippen molar-refractivity contribution in [3.05, 3.63) is 0 Å². The summed E-state index contributed by atoms with van der Waals surface area (Å²) in [5.74, 6) is 0. The molecule has 0 aromatic rings. The van der Waals surface area contributed by atoms with Gasteiger partial charge in [0.25, 0.3) is 3.98 Å². The van der Waals surface area contributed by atoms with Crippen molar-refractivity contribution in [3.8, 4) is 0 Å². The van der Waals surface area contributed by atoms with Crippen molar-refractivity contribution in [2.45, 2.75) is 3.98 Å². The van der Waals surface area contributed by atoms with Gasteiger partial charge < -0.3 is 16.0 Å². The molecule has 0 unspecified atom stereocenters. The lowest BCUT2D eigenvalue weighted by molar-refractivity contribution is -0.00600. The molecule has 0 atom stereocenters. The van der Waals surface area contributed by atoms with E-state index in [1.54, 1.807) is 0 Å². The van der Waals surface area contributed by atoms with Crippen molar-refractivity contribution in [3.63, 3.8) is 0 Å². The molecule has 0 aliphatic rings. The Balaban J connectivity index is 0. The highest BCUT2D eigenvalue weighted by atomic mass is 35.6. The smallest absolute Gasteiger partial charge is 0.299 e. The van der Waals surface area contributed by atoms with Gasteiger partial charge in [-0.2, -0.15) is 0 Å². The van der Waals surface area contributed by atoms with Crippen molar-refractivity contribution >= 4 is 34.8 Å². The van der Waals surface area contributed by atoms with E-state index in [4.69, 9.17) is 39.9 Å². The van der Waals surface area contributed by atoms with Crippen LogP contribution in [0.3, 0.4) is 0 Å². The lowest BCUT2D eigenvalue weighted by Crippen LogP contribution is -2.08. The second kappa shape index (κ2) is 4.61. The maximum Gasteiger partial charge on any atom is 0.299 e. The SMILES string of the molecule is N.OCOC(Cl)(Cl)Cl. The molecule has 52 valence electrons. The van der Waals surface area contributed by atoms with Crippen LogP contribution in [0, 0.1) is 0 Å². The van der Waals surface area contributed by atoms with E-state index in [2.05, 4.69) is 4.74 Å². The zero-order valence-electron chi connectivity index (χ0n) is 3.90. The lowest BCUT2D eigenvalue weighted by Gasteiger charge is -2.06. The minimum absolute atomic E-state index is 0. The molecule has 0 aliphatic carbocycles. The molecule has 0 amide bonds. The lowest BCUT2D eigenvalue weighted by atomic mass is 11.4. The first kappa shape index (κ1) is 11.5. The molecule has 0 saturated carbocycles. The zero-order valence-corrected chi connectivity index (χ0v) is 6.17. The molecule has 6 heteroatoms. The summed E-state index contributed by atoms with van der Waals surface area (Å²) in [6.45, 7) is -0.587. The molecule has 0 fully saturated rings. The molecule has 0 aromatic carbocycles. The zero-order chi connectivity index (χ0) is 5.91. The maximum atomic E-state index is 7.93. The fourth-order valence-corrected chi connectivity index (χ4v) is 0.220. The second-order valence-electron chi connectivity index (χ2n) is 0.719. The minimum Gasteiger partial charge on any atom is -0.370 e. The Morgan fingerprint density at radius 3 is 1.75 bits per heavy atom. The molecule has 0 rings (SSSR count). The molecular formula is C2H6Cl3NO2. The van der Waals surface area contributed by atoms with Gasteiger partial charge in [0.15, 0.2) is 0 Å². The van der Waals surface area contributed by atoms with E-state index >= 15 is 0 Å². The highest BCUT2D eigenvalue weighted by Crippen LogP contribution is 2.26. The number of hydrogen-bond acceptors (Lipinski definition) is 3. The molecule has 0 heterocycles. The largest absolute Gasteiger partial charge is 0.370 e. The number of rotatable bonds is 1. The molecule has 0 bridgehead atoms. The summed E-state index contributed by atoms with van der Waals surface area (Å²) in [4.78, 5) is 0. The van der Waals surface area contributed by atoms with E-state index in [1.807, 2.05) is 0 Å². The first-order valence-electron chi connectivity index (χ1n) is 1.38. The molecule has 0 radical (unpaired) electrons. The summed E-state index contributed by atoms with van der Waals surface area (Å²) in [7, 11) is 0. The number of ether oxygens (including phenoxy) is 1. The van der Waals surface area contributed by atoms with E-state index in [-0.39, 0.29) is 6.15 Å². The monoisotopic (exact) mass is 181 g/mol. The van der Waals surface area contributed by atoms with Gasteiger partial charge in [0.1, 0.15) is 6.79 Å². The topological polar surface area (TPSA) is 64.5 Å². The van der Waals surface area contributed by atoms with E-state index in [0.29, 0.717) is 0 Å². The predicted molar refractivity (Wildman–Crippen MR) is 33.5 cm³/mol. The number of aliphatic hydroxyl groups is 1. The van der Waals surface area contributed by atoms with Crippen LogP contribution >= 0.6 is 34.8 Å². The van der Waals surface area contributed by atoms with E-state index in [1.165, 1.54) is 0 Å². The highest BCUT2D eigenvalue weighted by Gasteiger charge is 2.18. The van der Waals surface area contributed by atoms with Crippen LogP contribution in [-0.4, -0.2) is 15.9 Å². The van der Waals surface area contributed by atoms with Gasteiger partial charge in [-0.15, -0.1) is 0 Å². The van der Waals surface area contributed by atoms with Crippen LogP contribution in [0.4, 0.5) is 0 Å². The average molecular weight is 182 g/mol. The van der Waals surface area contributed by atoms with Gasteiger partial charge >= 0.3 is 0 Å². The Labute approximate surface area is 62.1 Å². The normalized spacial score (nSPS) is 10.5. The second-order valence-corrected chi connectivity index (χ2v) is 2.90. The Morgan fingerprint density at radius 1 is 1.38 bits per heavy atom. The van der Waals surface area contributed by atoms with Crippen molar-refractivity contribution in [2.24, 2.45) is 0 Å². The van der Waals surface area contributed by atoms with Gasteiger partial charge in [0, 0.05) is 0 Å². The van der Waals surface area contributed by atoms with Crippen LogP contribution in [-0.2, 0) is 4.74 Å². The van der Waals surface area contributed by atoms with Crippen LogP contribution in [0.2, 0.25) is 0 Å². The van der Waals surface area contributed by atoms with Crippen molar-refractivity contribution in [1.82, 2.24) is 6.15 Å². The van der Waals surface area contributed by atoms with Crippen molar-refractivity contribution in [1.29, 1.82) is 0 Å². The summed E-state index contributed by atoms with van der Waals surface area (Å²) in [6.07, 6.45) is 0. The van der Waals surface area contributed by atoms with Crippen LogP contribution < -0.4 is 6.15 Å². The summed E-state index contributed by atoms with van der Waals surface area (Å²) >= 11 is 14.9. The molecule has 3 nitrogen and oxygen atoms in total. The Morgan fingerprint density at radius 2 is 1.75 bits per heavy atom. The van der Waals surface area contributed by atoms with Gasteiger partial charge in [-0.05, 0) is 0 Å². The third-order valence-corrected chi connectivity index (χ3v) is 0.556. The van der Waals surface area contributed by atoms with Crippen LogP contribution in [0.5, 0.6) is 0 Å². The van der Waals surface area contributed by atoms with Gasteiger partial charge in [-0.1, -0.05) is 34.8 Å². The first-order chi connectivity index (χ1) is 3.06. The van der Waals surface area contributed by atoms with Crippen molar-refractivity contribution in [2.75, 3.05) is 6.79 Å². The number of hydrogen-bond donors (Lipinski definition) is 2. The molecule has 8 heavy (non-hydrogen) atoms. The standard InChI is InChI=1S/C2H3Cl3O2.H3N/c3-2(4,5)7-1-6;/h6H,1H2;1H3. The maximum absolute atomic E-state index is 7.93. The van der Waals surface area contributed by atoms with Crippen LogP contribution in [0.1, 0.15) is 0 Å². The quantitative estimate of drug-likeness (QED) is 0.476. The first-order valence-corrected chi connectivity index (χ1v) is 2.51. The van der Waals surface area contributed by atoms with Gasteiger partial charge in [-0.25, -0.2) is 0 Å². The Bertz CT molecular complexity index is 53.7. The summed E-state index contributed by atoms with van der Waals surface area (Å²) in [5, 5.41) is 7.93. The van der Waals surface area contributed by atoms with Gasteiger partial charge in [0.2, 0.25) is 0 Å². The Hall–Kier alpha value is 0.750. The molecule has 0 aromatic heterocycles. The summed E-state index contributed by atoms with van der Waals surface area (Å²) in [6, 6.07) is 0. The predicted octanol–water partition coefficient (Wildman–Crippen LogP) is 1.44.